The SMILES string of the molecule is CCCCCCC/C=C\C/C=C\CCCCCCCCCCCCCCCCCCCCCCCC(=O)NC(COC1OC(CO)C(O)C(O)C1O)C(O)CCCCCCCCCCCCCCCCCCCCCCCCC. The molecule has 7 atom stereocenters. The Morgan fingerprint density at radius 3 is 1.09 bits per heavy atom. The largest absolute Gasteiger partial charge is 0.394 e. The summed E-state index contributed by atoms with van der Waals surface area (Å²) >= 11 is 0. The molecule has 0 radical (unpaired) electrons. The maximum absolute atomic E-state index is 13.1. The number of unbranched alkanes of at least 4 members (excludes halogenated alkanes) is 48. The number of allylic oxidation sites excluding steroid dienone is 4. The molecule has 0 spiro atoms. The van der Waals surface area contributed by atoms with Crippen LogP contribution in [-0.2, 0) is 14.3 Å². The number of amides is 1. The van der Waals surface area contributed by atoms with Gasteiger partial charge in [0.25, 0.3) is 0 Å². The zero-order chi connectivity index (χ0) is 57.2. The quantitative estimate of drug-likeness (QED) is 0.0261. The second-order valence-electron chi connectivity index (χ2n) is 24.7. The number of aliphatic hydroxyl groups excluding tert-OH is 5. The molecule has 1 aliphatic rings. The molecule has 0 bridgehead atoms. The highest BCUT2D eigenvalue weighted by Crippen LogP contribution is 2.24. The normalized spacial score (nSPS) is 18.6. The summed E-state index contributed by atoms with van der Waals surface area (Å²) in [5, 5.41) is 54.9. The smallest absolute Gasteiger partial charge is 0.220 e. The molecule has 0 saturated carbocycles. The van der Waals surface area contributed by atoms with Crippen LogP contribution in [0.2, 0.25) is 0 Å². The van der Waals surface area contributed by atoms with Crippen LogP contribution < -0.4 is 5.32 Å². The minimum absolute atomic E-state index is 0.133. The lowest BCUT2D eigenvalue weighted by molar-refractivity contribution is -0.302. The fourth-order valence-electron chi connectivity index (χ4n) is 11.6. The van der Waals surface area contributed by atoms with E-state index in [0.29, 0.717) is 12.8 Å². The lowest BCUT2D eigenvalue weighted by Crippen LogP contribution is -2.60. The lowest BCUT2D eigenvalue weighted by atomic mass is 9.99. The highest BCUT2D eigenvalue weighted by Gasteiger charge is 2.44. The zero-order valence-electron chi connectivity index (χ0n) is 52.4. The maximum Gasteiger partial charge on any atom is 0.220 e. The van der Waals surface area contributed by atoms with Crippen molar-refractivity contribution >= 4 is 5.91 Å². The summed E-state index contributed by atoms with van der Waals surface area (Å²) in [6.07, 6.45) is 71.0. The molecular formula is C70H135NO8. The minimum Gasteiger partial charge on any atom is -0.394 e. The molecular weight excluding hydrogens is 983 g/mol. The van der Waals surface area contributed by atoms with Gasteiger partial charge >= 0.3 is 0 Å². The predicted molar refractivity (Wildman–Crippen MR) is 337 cm³/mol. The van der Waals surface area contributed by atoms with Crippen molar-refractivity contribution in [2.45, 2.75) is 403 Å². The Kier molecular flexibility index (Phi) is 57.3. The molecule has 1 rings (SSSR count). The average molecular weight is 1120 g/mol. The summed E-state index contributed by atoms with van der Waals surface area (Å²) in [6, 6.07) is -0.717. The van der Waals surface area contributed by atoms with Gasteiger partial charge in [0.2, 0.25) is 5.91 Å². The Morgan fingerprint density at radius 2 is 0.747 bits per heavy atom. The van der Waals surface area contributed by atoms with Crippen LogP contribution >= 0.6 is 0 Å². The third-order valence-corrected chi connectivity index (χ3v) is 17.1. The molecule has 0 aromatic heterocycles. The van der Waals surface area contributed by atoms with Crippen LogP contribution in [0.3, 0.4) is 0 Å². The summed E-state index contributed by atoms with van der Waals surface area (Å²) in [4.78, 5) is 13.1. The summed E-state index contributed by atoms with van der Waals surface area (Å²) in [5.74, 6) is -0.136. The Hall–Kier alpha value is -1.33. The summed E-state index contributed by atoms with van der Waals surface area (Å²) in [5.41, 5.74) is 0. The van der Waals surface area contributed by atoms with Crippen LogP contribution in [0.4, 0.5) is 0 Å². The lowest BCUT2D eigenvalue weighted by Gasteiger charge is -2.40. The first-order chi connectivity index (χ1) is 38.8. The van der Waals surface area contributed by atoms with Crippen LogP contribution in [0, 0.1) is 0 Å². The van der Waals surface area contributed by atoms with Crippen molar-refractivity contribution in [2.24, 2.45) is 0 Å². The molecule has 1 aliphatic heterocycles. The topological polar surface area (TPSA) is 149 Å². The van der Waals surface area contributed by atoms with Gasteiger partial charge in [0.1, 0.15) is 24.4 Å². The molecule has 79 heavy (non-hydrogen) atoms. The van der Waals surface area contributed by atoms with E-state index >= 15 is 0 Å². The fourth-order valence-corrected chi connectivity index (χ4v) is 11.6. The van der Waals surface area contributed by atoms with E-state index in [0.717, 1.165) is 44.9 Å². The van der Waals surface area contributed by atoms with Gasteiger partial charge in [0, 0.05) is 6.42 Å². The molecule has 7 unspecified atom stereocenters. The van der Waals surface area contributed by atoms with Crippen molar-refractivity contribution in [2.75, 3.05) is 13.2 Å². The third-order valence-electron chi connectivity index (χ3n) is 17.1. The number of carbonyl (C=O) groups excluding carboxylic acids is 1. The van der Waals surface area contributed by atoms with Gasteiger partial charge in [-0.25, -0.2) is 0 Å². The van der Waals surface area contributed by atoms with E-state index in [1.807, 2.05) is 0 Å². The third kappa shape index (κ3) is 48.7. The van der Waals surface area contributed by atoms with E-state index in [2.05, 4.69) is 43.5 Å². The molecule has 0 aliphatic carbocycles. The number of aliphatic hydroxyl groups is 5. The first-order valence-corrected chi connectivity index (χ1v) is 35.0. The molecule has 1 heterocycles. The zero-order valence-corrected chi connectivity index (χ0v) is 52.4. The standard InChI is InChI=1S/C70H135NO8/c1-3-5-7-9-11-13-15-17-19-21-23-25-27-28-29-30-31-32-33-34-35-36-38-40-42-44-46-48-50-52-54-56-58-60-66(74)71-63(62-78-70-69(77)68(76)67(75)65(61-72)79-70)64(73)59-57-55-53-51-49-47-45-43-41-39-37-26-24-22-20-18-16-14-12-10-8-6-4-2/h15,17,21,23,63-65,67-70,72-73,75-77H,3-14,16,18-20,22,24-62H2,1-2H3,(H,71,74)/b17-15-,23-21-. The minimum atomic E-state index is -1.55. The van der Waals surface area contributed by atoms with E-state index in [9.17, 15) is 30.3 Å². The van der Waals surface area contributed by atoms with Crippen molar-refractivity contribution in [1.29, 1.82) is 0 Å². The second-order valence-corrected chi connectivity index (χ2v) is 24.7. The van der Waals surface area contributed by atoms with Gasteiger partial charge in [0.05, 0.1) is 25.4 Å². The summed E-state index contributed by atoms with van der Waals surface area (Å²) in [6.45, 7) is 3.88. The van der Waals surface area contributed by atoms with Crippen LogP contribution in [0.15, 0.2) is 24.3 Å². The molecule has 9 heteroatoms. The number of rotatable bonds is 62. The molecule has 1 fully saturated rings. The van der Waals surface area contributed by atoms with Crippen LogP contribution in [0.25, 0.3) is 0 Å². The van der Waals surface area contributed by atoms with Crippen molar-refractivity contribution in [1.82, 2.24) is 5.32 Å². The van der Waals surface area contributed by atoms with Gasteiger partial charge in [-0.1, -0.05) is 334 Å². The van der Waals surface area contributed by atoms with E-state index < -0.39 is 49.5 Å². The first kappa shape index (κ1) is 75.7. The maximum atomic E-state index is 13.1. The average Bonchev–Trinajstić information content (AvgIpc) is 3.47. The highest BCUT2D eigenvalue weighted by molar-refractivity contribution is 5.76. The number of hydrogen-bond acceptors (Lipinski definition) is 8. The Balaban J connectivity index is 2.09. The van der Waals surface area contributed by atoms with Gasteiger partial charge in [-0.15, -0.1) is 0 Å². The number of hydrogen-bond donors (Lipinski definition) is 6. The van der Waals surface area contributed by atoms with Crippen LogP contribution in [0.1, 0.15) is 361 Å². The summed E-state index contributed by atoms with van der Waals surface area (Å²) in [7, 11) is 0. The van der Waals surface area contributed by atoms with Crippen molar-refractivity contribution < 1.29 is 39.8 Å². The van der Waals surface area contributed by atoms with Gasteiger partial charge in [0.15, 0.2) is 6.29 Å². The van der Waals surface area contributed by atoms with E-state index in [4.69, 9.17) is 9.47 Å². The Labute approximate surface area is 489 Å². The van der Waals surface area contributed by atoms with Crippen LogP contribution in [0.5, 0.6) is 0 Å². The number of ether oxygens (including phenoxy) is 2. The van der Waals surface area contributed by atoms with Gasteiger partial charge in [-0.3, -0.25) is 4.79 Å². The molecule has 6 N–H and O–H groups in total. The van der Waals surface area contributed by atoms with Gasteiger partial charge < -0.3 is 40.3 Å². The monoisotopic (exact) mass is 1120 g/mol. The molecule has 1 saturated heterocycles. The fraction of sp³-hybridized carbons (Fsp3) is 0.929. The van der Waals surface area contributed by atoms with Crippen molar-refractivity contribution in [3.63, 3.8) is 0 Å². The van der Waals surface area contributed by atoms with E-state index in [-0.39, 0.29) is 12.5 Å². The molecule has 9 nitrogen and oxygen atoms in total. The molecule has 0 aromatic carbocycles. The first-order valence-electron chi connectivity index (χ1n) is 35.0. The number of carbonyl (C=O) groups is 1. The predicted octanol–water partition coefficient (Wildman–Crippen LogP) is 18.9. The van der Waals surface area contributed by atoms with E-state index in [1.165, 1.54) is 289 Å². The number of nitrogens with one attached hydrogen (secondary N) is 1. The van der Waals surface area contributed by atoms with Crippen LogP contribution in [-0.4, -0.2) is 87.5 Å². The van der Waals surface area contributed by atoms with Gasteiger partial charge in [-0.2, -0.15) is 0 Å². The van der Waals surface area contributed by atoms with Crippen molar-refractivity contribution in [3.8, 4) is 0 Å². The highest BCUT2D eigenvalue weighted by atomic mass is 16.7. The van der Waals surface area contributed by atoms with Crippen molar-refractivity contribution in [3.05, 3.63) is 24.3 Å². The Bertz CT molecular complexity index is 1300. The second kappa shape index (κ2) is 59.8. The summed E-state index contributed by atoms with van der Waals surface area (Å²) < 4.78 is 11.4. The molecule has 0 aromatic rings. The Morgan fingerprint density at radius 1 is 0.430 bits per heavy atom. The van der Waals surface area contributed by atoms with E-state index in [1.54, 1.807) is 0 Å². The molecule has 468 valence electrons. The van der Waals surface area contributed by atoms with Gasteiger partial charge in [-0.05, 0) is 44.9 Å². The molecule has 1 amide bonds.